The van der Waals surface area contributed by atoms with E-state index in [4.69, 9.17) is 26.2 Å². The summed E-state index contributed by atoms with van der Waals surface area (Å²) < 4.78 is 0. The van der Waals surface area contributed by atoms with E-state index in [-0.39, 0.29) is 5.95 Å². The minimum Gasteiger partial charge on any atom is -0.478 e. The highest BCUT2D eigenvalue weighted by atomic mass is 16.9. The van der Waals surface area contributed by atoms with Gasteiger partial charge in [0.25, 0.3) is 0 Å². The van der Waals surface area contributed by atoms with Gasteiger partial charge in [-0.1, -0.05) is 0 Å². The van der Waals surface area contributed by atoms with Gasteiger partial charge in [-0.25, -0.2) is 4.79 Å². The largest absolute Gasteiger partial charge is 0.478 e. The lowest BCUT2D eigenvalue weighted by Crippen LogP contribution is -1.87. The molecule has 0 spiro atoms. The van der Waals surface area contributed by atoms with Crippen molar-refractivity contribution in [3.63, 3.8) is 0 Å². The van der Waals surface area contributed by atoms with Crippen molar-refractivity contribution in [2.45, 2.75) is 0 Å². The molecule has 15 heavy (non-hydrogen) atoms. The van der Waals surface area contributed by atoms with Crippen LogP contribution in [0.2, 0.25) is 0 Å². The molecule has 0 aliphatic heterocycles. The molecule has 0 aliphatic rings. The van der Waals surface area contributed by atoms with E-state index in [2.05, 4.69) is 15.2 Å². The second-order valence-electron chi connectivity index (χ2n) is 1.97. The van der Waals surface area contributed by atoms with Crippen molar-refractivity contribution in [2.24, 2.45) is 0 Å². The van der Waals surface area contributed by atoms with E-state index in [0.29, 0.717) is 5.82 Å². The zero-order valence-electron chi connectivity index (χ0n) is 7.15. The first-order valence-electron chi connectivity index (χ1n) is 3.32. The maximum Gasteiger partial charge on any atom is 0.328 e. The van der Waals surface area contributed by atoms with E-state index >= 15 is 0 Å². The molecule has 0 amide bonds. The third-order valence-corrected chi connectivity index (χ3v) is 0.904. The Hall–Kier alpha value is -2.65. The Morgan fingerprint density at radius 3 is 2.47 bits per heavy atom. The van der Waals surface area contributed by atoms with Crippen molar-refractivity contribution < 1.29 is 15.0 Å². The van der Waals surface area contributed by atoms with E-state index in [1.54, 1.807) is 0 Å². The first kappa shape index (κ1) is 12.3. The number of carboxylic acid groups (broad SMARTS) is 1. The Bertz CT molecular complexity index is 368. The molecular formula is C5H6N5O5-. The van der Waals surface area contributed by atoms with Gasteiger partial charge in [0.15, 0.2) is 5.82 Å². The van der Waals surface area contributed by atoms with Crippen molar-refractivity contribution in [3.8, 4) is 0 Å². The van der Waals surface area contributed by atoms with Crippen LogP contribution in [0.25, 0.3) is 6.08 Å². The molecule has 82 valence electrons. The van der Waals surface area contributed by atoms with Crippen molar-refractivity contribution in [1.82, 2.24) is 15.2 Å². The average Bonchev–Trinajstić information content (AvgIpc) is 2.47. The number of nitrogens with zero attached hydrogens (tertiary/aromatic N) is 3. The first-order chi connectivity index (χ1) is 6.91. The molecule has 1 heterocycles. The Morgan fingerprint density at radius 2 is 2.13 bits per heavy atom. The summed E-state index contributed by atoms with van der Waals surface area (Å²) in [6.07, 6.45) is 2.21. The van der Waals surface area contributed by atoms with Crippen molar-refractivity contribution in [3.05, 3.63) is 27.2 Å². The van der Waals surface area contributed by atoms with Crippen LogP contribution in [0, 0.1) is 15.3 Å². The van der Waals surface area contributed by atoms with Crippen LogP contribution in [-0.2, 0) is 4.79 Å². The summed E-state index contributed by atoms with van der Waals surface area (Å²) in [7, 11) is 0. The third-order valence-electron chi connectivity index (χ3n) is 0.904. The number of anilines is 1. The van der Waals surface area contributed by atoms with Crippen LogP contribution >= 0.6 is 0 Å². The number of aromatic nitrogens is 3. The van der Waals surface area contributed by atoms with Gasteiger partial charge in [-0.15, -0.1) is 5.10 Å². The summed E-state index contributed by atoms with van der Waals surface area (Å²) in [5, 5.41) is 28.9. The van der Waals surface area contributed by atoms with Crippen molar-refractivity contribution in [1.29, 1.82) is 0 Å². The van der Waals surface area contributed by atoms with Crippen LogP contribution in [0.3, 0.4) is 0 Å². The minimum atomic E-state index is -1.75. The smallest absolute Gasteiger partial charge is 0.328 e. The third kappa shape index (κ3) is 7.70. The number of rotatable bonds is 2. The quantitative estimate of drug-likeness (QED) is 0.329. The minimum absolute atomic E-state index is 0.0926. The number of aliphatic carboxylic acids is 1. The lowest BCUT2D eigenvalue weighted by atomic mass is 10.5. The van der Waals surface area contributed by atoms with Gasteiger partial charge in [-0.05, 0) is 6.08 Å². The number of aromatic amines is 1. The maximum absolute atomic E-state index is 10.00. The van der Waals surface area contributed by atoms with Crippen LogP contribution < -0.4 is 5.73 Å². The summed E-state index contributed by atoms with van der Waals surface area (Å²) in [6.45, 7) is 0. The summed E-state index contributed by atoms with van der Waals surface area (Å²) >= 11 is 0. The molecular weight excluding hydrogens is 210 g/mol. The van der Waals surface area contributed by atoms with Gasteiger partial charge >= 0.3 is 5.97 Å². The van der Waals surface area contributed by atoms with E-state index in [0.717, 1.165) is 6.08 Å². The molecule has 10 heteroatoms. The van der Waals surface area contributed by atoms with Gasteiger partial charge in [-0.3, -0.25) is 5.10 Å². The number of nitrogens with two attached hydrogens (primary N) is 1. The highest BCUT2D eigenvalue weighted by molar-refractivity contribution is 5.84. The van der Waals surface area contributed by atoms with Gasteiger partial charge in [0.2, 0.25) is 5.95 Å². The predicted octanol–water partition coefficient (Wildman–Crippen LogP) is -0.754. The second-order valence-corrected chi connectivity index (χ2v) is 1.97. The average molecular weight is 216 g/mol. The molecule has 0 atom stereocenters. The monoisotopic (exact) mass is 216 g/mol. The zero-order valence-corrected chi connectivity index (χ0v) is 7.15. The maximum atomic E-state index is 10.00. The lowest BCUT2D eigenvalue weighted by molar-refractivity contribution is -0.402. The highest BCUT2D eigenvalue weighted by Crippen LogP contribution is 1.94. The molecule has 0 saturated heterocycles. The second kappa shape index (κ2) is 5.90. The summed E-state index contributed by atoms with van der Waals surface area (Å²) in [6, 6.07) is 0. The van der Waals surface area contributed by atoms with Crippen LogP contribution in [0.15, 0.2) is 6.08 Å². The Kier molecular flexibility index (Phi) is 4.86. The molecule has 0 saturated carbocycles. The van der Waals surface area contributed by atoms with Gasteiger partial charge in [-0.2, -0.15) is 4.98 Å². The molecule has 0 bridgehead atoms. The van der Waals surface area contributed by atoms with Gasteiger partial charge in [0, 0.05) is 6.08 Å². The first-order valence-corrected chi connectivity index (χ1v) is 3.32. The number of carbonyl (C=O) groups is 1. The molecule has 10 nitrogen and oxygen atoms in total. The van der Waals surface area contributed by atoms with Crippen LogP contribution in [0.5, 0.6) is 0 Å². The molecule has 0 aliphatic carbocycles. The SMILES string of the molecule is Nc1n[nH]c(/C=C\C(=O)O)n1.O=[N+]([O-])[O-]. The normalized spacial score (nSPS) is 9.33. The van der Waals surface area contributed by atoms with Gasteiger partial charge < -0.3 is 26.2 Å². The summed E-state index contributed by atoms with van der Waals surface area (Å²) in [5.74, 6) is -0.625. The molecule has 1 rings (SSSR count). The van der Waals surface area contributed by atoms with Gasteiger partial charge in [0.05, 0.1) is 5.09 Å². The van der Waals surface area contributed by atoms with Crippen LogP contribution in [-0.4, -0.2) is 31.3 Å². The molecule has 0 radical (unpaired) electrons. The molecule has 1 aromatic rings. The molecule has 0 fully saturated rings. The van der Waals surface area contributed by atoms with E-state index in [1.807, 2.05) is 0 Å². The lowest BCUT2D eigenvalue weighted by Gasteiger charge is -1.78. The highest BCUT2D eigenvalue weighted by Gasteiger charge is 1.94. The van der Waals surface area contributed by atoms with E-state index in [9.17, 15) is 4.79 Å². The number of nitrogen functional groups attached to an aromatic ring is 1. The summed E-state index contributed by atoms with van der Waals surface area (Å²) in [5.41, 5.74) is 5.15. The molecule has 1 aromatic heterocycles. The van der Waals surface area contributed by atoms with Crippen molar-refractivity contribution in [2.75, 3.05) is 5.73 Å². The Labute approximate surface area is 82.2 Å². The fourth-order valence-electron chi connectivity index (χ4n) is 0.513. The van der Waals surface area contributed by atoms with Crippen LogP contribution in [0.4, 0.5) is 5.95 Å². The van der Waals surface area contributed by atoms with E-state index < -0.39 is 11.1 Å². The fraction of sp³-hybridized carbons (Fsp3) is 0. The number of H-pyrrole nitrogens is 1. The van der Waals surface area contributed by atoms with Crippen LogP contribution in [0.1, 0.15) is 5.82 Å². The molecule has 4 N–H and O–H groups in total. The number of hydrogen-bond acceptors (Lipinski definition) is 7. The van der Waals surface area contributed by atoms with E-state index in [1.165, 1.54) is 6.08 Å². The standard InChI is InChI=1S/C5H6N4O2.NO3/c6-5-7-3(8-9-5)1-2-4(10)11;2-1(3)4/h1-2H,(H,10,11)(H3,6,7,8,9);/q;-1/b2-1-;. The summed E-state index contributed by atoms with van der Waals surface area (Å²) in [4.78, 5) is 21.9. The number of hydrogen-bond donors (Lipinski definition) is 3. The van der Waals surface area contributed by atoms with Crippen molar-refractivity contribution >= 4 is 18.0 Å². The molecule has 0 unspecified atom stereocenters. The number of carboxylic acids is 1. The fourth-order valence-corrected chi connectivity index (χ4v) is 0.513. The Balaban J connectivity index is 0.000000423. The zero-order chi connectivity index (χ0) is 11.8. The predicted molar refractivity (Wildman–Crippen MR) is 47.8 cm³/mol. The molecule has 0 aromatic carbocycles. The topological polar surface area (TPSA) is 171 Å². The number of nitrogens with one attached hydrogen (secondary N) is 1. The Morgan fingerprint density at radius 1 is 1.60 bits per heavy atom. The van der Waals surface area contributed by atoms with Gasteiger partial charge in [0.1, 0.15) is 0 Å².